The lowest BCUT2D eigenvalue weighted by Crippen LogP contribution is -2.01. The second-order valence-electron chi connectivity index (χ2n) is 6.86. The number of hydrogen-bond acceptors (Lipinski definition) is 2. The van der Waals surface area contributed by atoms with Crippen LogP contribution in [-0.4, -0.2) is 13.2 Å². The molecule has 0 saturated heterocycles. The van der Waals surface area contributed by atoms with Gasteiger partial charge in [0.15, 0.2) is 0 Å². The Bertz CT molecular complexity index is 601. The van der Waals surface area contributed by atoms with E-state index in [4.69, 9.17) is 9.47 Å². The Labute approximate surface area is 159 Å². The maximum absolute atomic E-state index is 6.01. The van der Waals surface area contributed by atoms with Gasteiger partial charge in [0.25, 0.3) is 0 Å². The van der Waals surface area contributed by atoms with Crippen LogP contribution in [0.2, 0.25) is 0 Å². The largest absolute Gasteiger partial charge is 0.494 e. The van der Waals surface area contributed by atoms with Gasteiger partial charge < -0.3 is 9.47 Å². The zero-order valence-electron chi connectivity index (χ0n) is 16.7. The molecule has 1 unspecified atom stereocenters. The highest BCUT2D eigenvalue weighted by Crippen LogP contribution is 2.25. The van der Waals surface area contributed by atoms with E-state index in [1.165, 1.54) is 48.8 Å². The average Bonchev–Trinajstić information content (AvgIpc) is 2.68. The van der Waals surface area contributed by atoms with Crippen molar-refractivity contribution >= 4 is 0 Å². The topological polar surface area (TPSA) is 18.5 Å². The zero-order valence-corrected chi connectivity index (χ0v) is 16.7. The summed E-state index contributed by atoms with van der Waals surface area (Å²) in [6.07, 6.45) is 7.96. The molecule has 0 radical (unpaired) electrons. The van der Waals surface area contributed by atoms with Crippen molar-refractivity contribution in [3.05, 3.63) is 54.1 Å². The second-order valence-corrected chi connectivity index (χ2v) is 6.86. The summed E-state index contributed by atoms with van der Waals surface area (Å²) in [6, 6.07) is 17.0. The van der Waals surface area contributed by atoms with Crippen LogP contribution in [-0.2, 0) is 4.74 Å². The van der Waals surface area contributed by atoms with E-state index in [9.17, 15) is 0 Å². The molecule has 2 aromatic rings. The maximum Gasteiger partial charge on any atom is 0.119 e. The minimum absolute atomic E-state index is 0.153. The Balaban J connectivity index is 1.78. The van der Waals surface area contributed by atoms with Gasteiger partial charge in [-0.15, -0.1) is 0 Å². The van der Waals surface area contributed by atoms with E-state index in [0.717, 1.165) is 18.8 Å². The third-order valence-electron chi connectivity index (χ3n) is 4.74. The summed E-state index contributed by atoms with van der Waals surface area (Å²) in [5.74, 6) is 0.921. The number of benzene rings is 2. The number of hydrogen-bond donors (Lipinski definition) is 0. The minimum Gasteiger partial charge on any atom is -0.494 e. The van der Waals surface area contributed by atoms with Crippen LogP contribution >= 0.6 is 0 Å². The first kappa shape index (κ1) is 20.5. The predicted molar refractivity (Wildman–Crippen MR) is 111 cm³/mol. The minimum atomic E-state index is 0.153. The van der Waals surface area contributed by atoms with E-state index in [1.807, 2.05) is 19.1 Å². The van der Waals surface area contributed by atoms with Gasteiger partial charge in [-0.1, -0.05) is 75.4 Å². The molecular formula is C24H34O2. The molecule has 0 aliphatic carbocycles. The highest BCUT2D eigenvalue weighted by Gasteiger charge is 2.06. The monoisotopic (exact) mass is 354 g/mol. The van der Waals surface area contributed by atoms with Gasteiger partial charge in [-0.05, 0) is 49.1 Å². The van der Waals surface area contributed by atoms with Crippen molar-refractivity contribution in [2.75, 3.05) is 13.2 Å². The van der Waals surface area contributed by atoms with E-state index >= 15 is 0 Å². The third kappa shape index (κ3) is 6.84. The van der Waals surface area contributed by atoms with E-state index in [-0.39, 0.29) is 6.10 Å². The van der Waals surface area contributed by atoms with Crippen LogP contribution in [0.4, 0.5) is 0 Å². The van der Waals surface area contributed by atoms with Crippen molar-refractivity contribution in [2.24, 2.45) is 0 Å². The van der Waals surface area contributed by atoms with Crippen molar-refractivity contribution in [1.82, 2.24) is 0 Å². The predicted octanol–water partition coefficient (Wildman–Crippen LogP) is 7.19. The summed E-state index contributed by atoms with van der Waals surface area (Å²) in [5, 5.41) is 0. The number of ether oxygens (including phenoxy) is 2. The number of rotatable bonds is 12. The molecule has 0 bridgehead atoms. The summed E-state index contributed by atoms with van der Waals surface area (Å²) in [4.78, 5) is 0. The maximum atomic E-state index is 6.01. The van der Waals surface area contributed by atoms with Crippen LogP contribution in [0, 0.1) is 0 Å². The summed E-state index contributed by atoms with van der Waals surface area (Å²) < 4.78 is 11.5. The first-order valence-corrected chi connectivity index (χ1v) is 10.2. The Morgan fingerprint density at radius 3 is 1.92 bits per heavy atom. The van der Waals surface area contributed by atoms with Gasteiger partial charge in [0, 0.05) is 6.61 Å². The molecule has 26 heavy (non-hydrogen) atoms. The van der Waals surface area contributed by atoms with Gasteiger partial charge in [0.1, 0.15) is 5.75 Å². The molecule has 2 aromatic carbocycles. The van der Waals surface area contributed by atoms with Gasteiger partial charge in [0.05, 0.1) is 12.7 Å². The Kier molecular flexibility index (Phi) is 9.27. The fourth-order valence-corrected chi connectivity index (χ4v) is 3.10. The van der Waals surface area contributed by atoms with Crippen LogP contribution in [0.15, 0.2) is 48.5 Å². The van der Waals surface area contributed by atoms with Gasteiger partial charge in [-0.2, -0.15) is 0 Å². The molecule has 0 amide bonds. The summed E-state index contributed by atoms with van der Waals surface area (Å²) >= 11 is 0. The standard InChI is InChI=1S/C24H34O2/c1-4-6-7-8-9-10-19-26-20(3)21-11-13-22(14-12-21)23-15-17-24(18-16-23)25-5-2/h11-18,20H,4-10,19H2,1-3H3. The lowest BCUT2D eigenvalue weighted by Gasteiger charge is -2.14. The molecule has 0 aliphatic rings. The van der Waals surface area contributed by atoms with Gasteiger partial charge >= 0.3 is 0 Å². The molecule has 0 aliphatic heterocycles. The smallest absolute Gasteiger partial charge is 0.119 e. The number of unbranched alkanes of at least 4 members (excludes halogenated alkanes) is 5. The van der Waals surface area contributed by atoms with Gasteiger partial charge in [0.2, 0.25) is 0 Å². The first-order valence-electron chi connectivity index (χ1n) is 10.2. The molecule has 2 nitrogen and oxygen atoms in total. The molecule has 2 rings (SSSR count). The van der Waals surface area contributed by atoms with E-state index in [2.05, 4.69) is 50.2 Å². The van der Waals surface area contributed by atoms with E-state index < -0.39 is 0 Å². The highest BCUT2D eigenvalue weighted by atomic mass is 16.5. The molecule has 1 atom stereocenters. The first-order chi connectivity index (χ1) is 12.7. The lowest BCUT2D eigenvalue weighted by molar-refractivity contribution is 0.0627. The molecule has 142 valence electrons. The van der Waals surface area contributed by atoms with Gasteiger partial charge in [-0.25, -0.2) is 0 Å². The Morgan fingerprint density at radius 2 is 1.31 bits per heavy atom. The van der Waals surface area contributed by atoms with Crippen molar-refractivity contribution in [3.63, 3.8) is 0 Å². The SMILES string of the molecule is CCCCCCCCOC(C)c1ccc(-c2ccc(OCC)cc2)cc1. The molecule has 0 saturated carbocycles. The molecule has 0 N–H and O–H groups in total. The van der Waals surface area contributed by atoms with Crippen LogP contribution < -0.4 is 4.74 Å². The molecule has 0 aromatic heterocycles. The fourth-order valence-electron chi connectivity index (χ4n) is 3.10. The van der Waals surface area contributed by atoms with Crippen LogP contribution in [0.1, 0.15) is 71.0 Å². The average molecular weight is 355 g/mol. The van der Waals surface area contributed by atoms with Gasteiger partial charge in [-0.3, -0.25) is 0 Å². The molecular weight excluding hydrogens is 320 g/mol. The third-order valence-corrected chi connectivity index (χ3v) is 4.74. The quantitative estimate of drug-likeness (QED) is 0.375. The summed E-state index contributed by atoms with van der Waals surface area (Å²) in [7, 11) is 0. The Hall–Kier alpha value is -1.80. The highest BCUT2D eigenvalue weighted by molar-refractivity contribution is 5.64. The summed E-state index contributed by atoms with van der Waals surface area (Å²) in [6.45, 7) is 7.95. The normalized spacial score (nSPS) is 12.1. The molecule has 0 fully saturated rings. The fraction of sp³-hybridized carbons (Fsp3) is 0.500. The van der Waals surface area contributed by atoms with Crippen molar-refractivity contribution in [1.29, 1.82) is 0 Å². The molecule has 0 spiro atoms. The van der Waals surface area contributed by atoms with Crippen LogP contribution in [0.5, 0.6) is 5.75 Å². The van der Waals surface area contributed by atoms with Crippen molar-refractivity contribution in [2.45, 2.75) is 65.4 Å². The Morgan fingerprint density at radius 1 is 0.731 bits per heavy atom. The van der Waals surface area contributed by atoms with Crippen LogP contribution in [0.3, 0.4) is 0 Å². The van der Waals surface area contributed by atoms with E-state index in [1.54, 1.807) is 0 Å². The lowest BCUT2D eigenvalue weighted by atomic mass is 10.0. The zero-order chi connectivity index (χ0) is 18.6. The second kappa shape index (κ2) is 11.7. The molecule has 2 heteroatoms. The molecule has 0 heterocycles. The van der Waals surface area contributed by atoms with E-state index in [0.29, 0.717) is 6.61 Å². The summed E-state index contributed by atoms with van der Waals surface area (Å²) in [5.41, 5.74) is 3.67. The van der Waals surface area contributed by atoms with Crippen molar-refractivity contribution in [3.8, 4) is 16.9 Å². The van der Waals surface area contributed by atoms with Crippen molar-refractivity contribution < 1.29 is 9.47 Å². The van der Waals surface area contributed by atoms with Crippen LogP contribution in [0.25, 0.3) is 11.1 Å².